The zero-order chi connectivity index (χ0) is 16.5. The predicted molar refractivity (Wildman–Crippen MR) is 106 cm³/mol. The molecule has 1 N–H and O–H groups in total. The van der Waals surface area contributed by atoms with E-state index in [4.69, 9.17) is 12.2 Å². The monoisotopic (exact) mass is 421 g/mol. The van der Waals surface area contributed by atoms with E-state index < -0.39 is 0 Å². The van der Waals surface area contributed by atoms with Crippen LogP contribution in [0.2, 0.25) is 0 Å². The minimum atomic E-state index is 0.117. The van der Waals surface area contributed by atoms with E-state index >= 15 is 0 Å². The van der Waals surface area contributed by atoms with Crippen LogP contribution in [0, 0.1) is 0 Å². The molecule has 2 fully saturated rings. The fraction of sp³-hybridized carbons (Fsp3) is 0.444. The van der Waals surface area contributed by atoms with Gasteiger partial charge in [-0.3, -0.25) is 4.98 Å². The lowest BCUT2D eigenvalue weighted by Crippen LogP contribution is -2.40. The molecule has 1 saturated heterocycles. The van der Waals surface area contributed by atoms with Crippen molar-refractivity contribution in [3.8, 4) is 0 Å². The van der Waals surface area contributed by atoms with Crippen molar-refractivity contribution < 1.29 is 0 Å². The second-order valence-corrected chi connectivity index (χ2v) is 9.35. The molecule has 0 aromatic carbocycles. The van der Waals surface area contributed by atoms with Crippen LogP contribution in [0.25, 0.3) is 0 Å². The summed E-state index contributed by atoms with van der Waals surface area (Å²) in [6.07, 6.45) is 8.30. The molecule has 2 aromatic rings. The Morgan fingerprint density at radius 3 is 2.67 bits per heavy atom. The zero-order valence-electron chi connectivity index (χ0n) is 13.3. The van der Waals surface area contributed by atoms with E-state index in [1.807, 2.05) is 12.3 Å². The van der Waals surface area contributed by atoms with Gasteiger partial charge in [0.25, 0.3) is 0 Å². The van der Waals surface area contributed by atoms with Crippen molar-refractivity contribution in [1.82, 2.24) is 15.2 Å². The molecule has 0 radical (unpaired) electrons. The summed E-state index contributed by atoms with van der Waals surface area (Å²) in [5, 5.41) is 4.44. The van der Waals surface area contributed by atoms with E-state index in [-0.39, 0.29) is 12.1 Å². The molecule has 2 aliphatic rings. The highest BCUT2D eigenvalue weighted by molar-refractivity contribution is 9.11. The molecule has 2 aromatic heterocycles. The smallest absolute Gasteiger partial charge is 0.170 e. The van der Waals surface area contributed by atoms with Crippen LogP contribution in [-0.4, -0.2) is 21.0 Å². The van der Waals surface area contributed by atoms with E-state index in [1.165, 1.54) is 40.8 Å². The van der Waals surface area contributed by atoms with Crippen molar-refractivity contribution in [3.63, 3.8) is 0 Å². The third-order valence-electron chi connectivity index (χ3n) is 4.99. The van der Waals surface area contributed by atoms with Gasteiger partial charge in [0.15, 0.2) is 5.11 Å². The van der Waals surface area contributed by atoms with Gasteiger partial charge in [0.05, 0.1) is 21.6 Å². The van der Waals surface area contributed by atoms with E-state index in [2.05, 4.69) is 55.4 Å². The number of thiocarbonyl (C=S) groups is 1. The van der Waals surface area contributed by atoms with Crippen molar-refractivity contribution in [2.24, 2.45) is 0 Å². The molecule has 4 rings (SSSR count). The second-order valence-electron chi connectivity index (χ2n) is 6.47. The van der Waals surface area contributed by atoms with Crippen LogP contribution in [0.15, 0.2) is 40.3 Å². The Hall–Kier alpha value is -0.980. The molecule has 2 atom stereocenters. The minimum Gasteiger partial charge on any atom is -0.352 e. The second kappa shape index (κ2) is 7.10. The lowest BCUT2D eigenvalue weighted by molar-refractivity contribution is 0.199. The first-order valence-corrected chi connectivity index (χ1v) is 10.5. The quantitative estimate of drug-likeness (QED) is 0.688. The zero-order valence-corrected chi connectivity index (χ0v) is 16.5. The molecule has 24 heavy (non-hydrogen) atoms. The van der Waals surface area contributed by atoms with Gasteiger partial charge in [0, 0.05) is 17.1 Å². The number of pyridine rings is 1. The Kier molecular flexibility index (Phi) is 4.88. The van der Waals surface area contributed by atoms with E-state index in [0.29, 0.717) is 6.04 Å². The van der Waals surface area contributed by atoms with Gasteiger partial charge in [-0.2, -0.15) is 0 Å². The normalized spacial score (nSPS) is 25.0. The van der Waals surface area contributed by atoms with Crippen LogP contribution >= 0.6 is 39.5 Å². The molecule has 6 heteroatoms. The molecule has 3 nitrogen and oxygen atoms in total. The molecule has 0 bridgehead atoms. The van der Waals surface area contributed by atoms with E-state index in [1.54, 1.807) is 11.3 Å². The van der Waals surface area contributed by atoms with Gasteiger partial charge in [0.1, 0.15) is 0 Å². The van der Waals surface area contributed by atoms with Gasteiger partial charge < -0.3 is 10.2 Å². The van der Waals surface area contributed by atoms with Crippen molar-refractivity contribution in [2.75, 3.05) is 0 Å². The van der Waals surface area contributed by atoms with Crippen LogP contribution in [-0.2, 0) is 0 Å². The molecule has 1 aliphatic carbocycles. The molecule has 3 heterocycles. The Morgan fingerprint density at radius 2 is 2.00 bits per heavy atom. The first-order chi connectivity index (χ1) is 11.7. The first-order valence-electron chi connectivity index (χ1n) is 8.49. The van der Waals surface area contributed by atoms with Crippen molar-refractivity contribution >= 4 is 44.6 Å². The maximum Gasteiger partial charge on any atom is 0.170 e. The van der Waals surface area contributed by atoms with Crippen molar-refractivity contribution in [2.45, 2.75) is 50.2 Å². The third-order valence-corrected chi connectivity index (χ3v) is 7.01. The summed E-state index contributed by atoms with van der Waals surface area (Å²) < 4.78 is 1.17. The fourth-order valence-corrected chi connectivity index (χ4v) is 5.86. The van der Waals surface area contributed by atoms with Crippen LogP contribution in [0.5, 0.6) is 0 Å². The SMILES string of the molecule is S=C1NC(c2ccccn2)C(c2ccc(Br)s2)N1C1CCCCC1. The highest BCUT2D eigenvalue weighted by Crippen LogP contribution is 2.44. The van der Waals surface area contributed by atoms with Crippen LogP contribution in [0.1, 0.15) is 54.8 Å². The summed E-state index contributed by atoms with van der Waals surface area (Å²) in [4.78, 5) is 8.41. The summed E-state index contributed by atoms with van der Waals surface area (Å²) in [7, 11) is 0. The molecule has 1 saturated carbocycles. The van der Waals surface area contributed by atoms with Gasteiger partial charge in [-0.25, -0.2) is 0 Å². The molecule has 126 valence electrons. The molecule has 0 spiro atoms. The van der Waals surface area contributed by atoms with Crippen molar-refractivity contribution in [1.29, 1.82) is 0 Å². The number of halogens is 1. The minimum absolute atomic E-state index is 0.117. The van der Waals surface area contributed by atoms with E-state index in [9.17, 15) is 0 Å². The van der Waals surface area contributed by atoms with E-state index in [0.717, 1.165) is 10.8 Å². The predicted octanol–water partition coefficient (Wildman–Crippen LogP) is 5.21. The van der Waals surface area contributed by atoms with Gasteiger partial charge in [-0.05, 0) is 65.3 Å². The number of aromatic nitrogens is 1. The number of nitrogens with zero attached hydrogens (tertiary/aromatic N) is 2. The number of thiophene rings is 1. The maximum atomic E-state index is 5.76. The number of nitrogens with one attached hydrogen (secondary N) is 1. The highest BCUT2D eigenvalue weighted by atomic mass is 79.9. The Balaban J connectivity index is 1.73. The van der Waals surface area contributed by atoms with Crippen molar-refractivity contribution in [3.05, 3.63) is 50.9 Å². The summed E-state index contributed by atoms with van der Waals surface area (Å²) in [5.74, 6) is 0. The Labute approximate surface area is 160 Å². The topological polar surface area (TPSA) is 28.2 Å². The van der Waals surface area contributed by atoms with Crippen LogP contribution in [0.3, 0.4) is 0 Å². The first kappa shape index (κ1) is 16.5. The Morgan fingerprint density at radius 1 is 1.17 bits per heavy atom. The maximum absolute atomic E-state index is 5.76. The third kappa shape index (κ3) is 3.11. The molecule has 2 unspecified atom stereocenters. The van der Waals surface area contributed by atoms with Gasteiger partial charge >= 0.3 is 0 Å². The summed E-state index contributed by atoms with van der Waals surface area (Å²) in [5.41, 5.74) is 1.06. The lowest BCUT2D eigenvalue weighted by atomic mass is 9.92. The molecule has 0 amide bonds. The van der Waals surface area contributed by atoms with Gasteiger partial charge in [-0.1, -0.05) is 25.3 Å². The average Bonchev–Trinajstić information content (AvgIpc) is 3.19. The Bertz CT molecular complexity index is 712. The molecular formula is C18H20BrN3S2. The fourth-order valence-electron chi connectivity index (χ4n) is 3.91. The summed E-state index contributed by atoms with van der Waals surface area (Å²) >= 11 is 11.2. The number of rotatable bonds is 3. The highest BCUT2D eigenvalue weighted by Gasteiger charge is 2.43. The average molecular weight is 422 g/mol. The summed E-state index contributed by atoms with van der Waals surface area (Å²) in [6.45, 7) is 0. The standard InChI is InChI=1S/C18H20BrN3S2/c19-15-10-9-14(24-15)17-16(13-8-4-5-11-20-13)21-18(23)22(17)12-6-2-1-3-7-12/h4-5,8-12,16-17H,1-3,6-7H2,(H,21,23). The van der Waals surface area contributed by atoms with Crippen LogP contribution < -0.4 is 5.32 Å². The number of hydrogen-bond donors (Lipinski definition) is 1. The van der Waals surface area contributed by atoms with Gasteiger partial charge in [0.2, 0.25) is 0 Å². The summed E-state index contributed by atoms with van der Waals surface area (Å²) in [6, 6.07) is 11.4. The van der Waals surface area contributed by atoms with Crippen LogP contribution in [0.4, 0.5) is 0 Å². The molecular weight excluding hydrogens is 402 g/mol. The number of hydrogen-bond acceptors (Lipinski definition) is 3. The van der Waals surface area contributed by atoms with Gasteiger partial charge in [-0.15, -0.1) is 11.3 Å². The lowest BCUT2D eigenvalue weighted by Gasteiger charge is -2.36. The largest absolute Gasteiger partial charge is 0.352 e. The molecule has 1 aliphatic heterocycles.